The molecule has 0 fully saturated rings. The number of nitrogens with zero attached hydrogens (tertiary/aromatic N) is 4. The third-order valence-electron chi connectivity index (χ3n) is 12.9. The van der Waals surface area contributed by atoms with E-state index in [-0.39, 0.29) is 21.7 Å². The Hall–Kier alpha value is -6.59. The fraction of sp³-hybridized carbons (Fsp3) is 0.271. The molecular weight excluding hydrogens is 781 g/mol. The number of para-hydroxylation sites is 1. The molecule has 0 bridgehead atoms. The van der Waals surface area contributed by atoms with Crippen LogP contribution in [0.1, 0.15) is 92.9 Å². The third kappa shape index (κ3) is 7.98. The van der Waals surface area contributed by atoms with E-state index in [9.17, 15) is 0 Å². The van der Waals surface area contributed by atoms with E-state index >= 15 is 0 Å². The Labute approximate surface area is 380 Å². The summed E-state index contributed by atoms with van der Waals surface area (Å²) in [5, 5.41) is 2.34. The van der Waals surface area contributed by atoms with Gasteiger partial charge in [-0.1, -0.05) is 167 Å². The van der Waals surface area contributed by atoms with Crippen LogP contribution in [0.25, 0.3) is 38.8 Å². The summed E-state index contributed by atoms with van der Waals surface area (Å²) >= 11 is 0. The van der Waals surface area contributed by atoms with E-state index in [0.717, 1.165) is 39.4 Å². The average molecular weight is 843 g/mol. The lowest BCUT2D eigenvalue weighted by atomic mass is 9.78. The summed E-state index contributed by atoms with van der Waals surface area (Å²) in [6.07, 6.45) is 1.94. The maximum absolute atomic E-state index is 6.86. The maximum atomic E-state index is 6.86. The van der Waals surface area contributed by atoms with Gasteiger partial charge in [-0.05, 0) is 87.8 Å². The van der Waals surface area contributed by atoms with Crippen molar-refractivity contribution < 1.29 is 4.74 Å². The molecule has 5 heteroatoms. The highest BCUT2D eigenvalue weighted by molar-refractivity contribution is 6.09. The van der Waals surface area contributed by atoms with Crippen LogP contribution in [0.15, 0.2) is 175 Å². The number of benzene rings is 6. The van der Waals surface area contributed by atoms with Crippen molar-refractivity contribution in [3.8, 4) is 28.4 Å². The summed E-state index contributed by atoms with van der Waals surface area (Å²) in [6, 6.07) is 56.7. The number of fused-ring (bicyclic) bond motifs is 3. The number of hydrogen-bond acceptors (Lipinski definition) is 4. The molecule has 5 nitrogen and oxygen atoms in total. The van der Waals surface area contributed by atoms with E-state index in [2.05, 4.69) is 248 Å². The molecule has 6 aromatic carbocycles. The summed E-state index contributed by atoms with van der Waals surface area (Å²) in [5.41, 5.74) is 12.8. The zero-order valence-corrected chi connectivity index (χ0v) is 39.5. The highest BCUT2D eigenvalue weighted by Gasteiger charge is 2.42. The number of rotatable bonds is 8. The van der Waals surface area contributed by atoms with Gasteiger partial charge in [-0.15, -0.1) is 0 Å². The summed E-state index contributed by atoms with van der Waals surface area (Å²) in [4.78, 5) is 10.1. The monoisotopic (exact) mass is 842 g/mol. The van der Waals surface area contributed by atoms with Crippen molar-refractivity contribution >= 4 is 33.2 Å². The van der Waals surface area contributed by atoms with Crippen molar-refractivity contribution in [3.63, 3.8) is 0 Å². The van der Waals surface area contributed by atoms with Crippen molar-refractivity contribution in [2.75, 3.05) is 16.5 Å². The molecule has 2 aromatic heterocycles. The zero-order valence-electron chi connectivity index (χ0n) is 39.5. The van der Waals surface area contributed by atoms with Gasteiger partial charge in [0.05, 0.1) is 17.7 Å². The quantitative estimate of drug-likeness (QED) is 0.153. The average Bonchev–Trinajstić information content (AvgIpc) is 3.85. The molecule has 0 unspecified atom stereocenters. The number of allylic oxidation sites excluding steroid dienone is 2. The van der Waals surface area contributed by atoms with Crippen LogP contribution in [0, 0.1) is 10.8 Å². The predicted molar refractivity (Wildman–Crippen MR) is 270 cm³/mol. The fourth-order valence-corrected chi connectivity index (χ4v) is 9.54. The lowest BCUT2D eigenvalue weighted by Gasteiger charge is -2.34. The minimum atomic E-state index is -0.208. The highest BCUT2D eigenvalue weighted by atomic mass is 16.5. The molecule has 0 saturated carbocycles. The molecule has 0 amide bonds. The molecule has 1 aliphatic heterocycles. The standard InChI is InChI=1S/C59H62N4O/c1-56(2,3)44-33-41(40-21-14-12-15-22-40)34-46(35-44)62-39-61(54(57(4,5)6)55(62)58(7,8)9)45-25-20-26-47(37-45)64-48-29-30-50-49-27-18-19-28-51(49)63(52(50)38-48)53-36-43(31-32-60-53)59(10,11)42-23-16-13-17-24-42/h12-38H,39H2,1-11H3. The molecule has 324 valence electrons. The second kappa shape index (κ2) is 15.9. The van der Waals surface area contributed by atoms with Crippen molar-refractivity contribution in [1.82, 2.24) is 9.55 Å². The largest absolute Gasteiger partial charge is 0.457 e. The van der Waals surface area contributed by atoms with Gasteiger partial charge < -0.3 is 14.5 Å². The molecule has 64 heavy (non-hydrogen) atoms. The van der Waals surface area contributed by atoms with E-state index in [1.165, 1.54) is 50.3 Å². The molecule has 0 aliphatic carbocycles. The first-order valence-corrected chi connectivity index (χ1v) is 22.7. The summed E-state index contributed by atoms with van der Waals surface area (Å²) < 4.78 is 9.15. The molecule has 9 rings (SSSR count). The van der Waals surface area contributed by atoms with Gasteiger partial charge in [-0.3, -0.25) is 4.57 Å². The van der Waals surface area contributed by atoms with Gasteiger partial charge in [0.15, 0.2) is 0 Å². The first-order valence-electron chi connectivity index (χ1n) is 22.7. The van der Waals surface area contributed by atoms with E-state index in [0.29, 0.717) is 6.67 Å². The first-order chi connectivity index (χ1) is 30.4. The molecule has 0 saturated heterocycles. The minimum absolute atomic E-state index is 0.0275. The Bertz CT molecular complexity index is 3030. The molecule has 0 spiro atoms. The molecule has 1 aliphatic rings. The lowest BCUT2D eigenvalue weighted by molar-refractivity contribution is 0.444. The smallest absolute Gasteiger partial charge is 0.137 e. The highest BCUT2D eigenvalue weighted by Crippen LogP contribution is 2.49. The Morgan fingerprint density at radius 1 is 0.438 bits per heavy atom. The fourth-order valence-electron chi connectivity index (χ4n) is 9.54. The van der Waals surface area contributed by atoms with Crippen LogP contribution in [0.4, 0.5) is 11.4 Å². The Morgan fingerprint density at radius 3 is 1.75 bits per heavy atom. The molecule has 0 N–H and O–H groups in total. The second-order valence-corrected chi connectivity index (χ2v) is 21.1. The van der Waals surface area contributed by atoms with Gasteiger partial charge in [0, 0.05) is 68.1 Å². The van der Waals surface area contributed by atoms with Crippen LogP contribution in [0.3, 0.4) is 0 Å². The van der Waals surface area contributed by atoms with Gasteiger partial charge in [-0.25, -0.2) is 4.98 Å². The SMILES string of the molecule is CC(C)(C)C1=C(C(C)(C)C)N(c2cc(-c3ccccc3)cc(C(C)(C)C)c2)CN1c1cccc(Oc2ccc3c4ccccc4n(-c4cc(C(C)(C)c5ccccc5)ccn4)c3c2)c1. The van der Waals surface area contributed by atoms with Crippen LogP contribution in [0.5, 0.6) is 11.5 Å². The van der Waals surface area contributed by atoms with Gasteiger partial charge in [0.25, 0.3) is 0 Å². The van der Waals surface area contributed by atoms with Gasteiger partial charge >= 0.3 is 0 Å². The van der Waals surface area contributed by atoms with Crippen LogP contribution in [-0.2, 0) is 10.8 Å². The zero-order chi connectivity index (χ0) is 45.2. The summed E-state index contributed by atoms with van der Waals surface area (Å²) in [5.74, 6) is 2.44. The maximum Gasteiger partial charge on any atom is 0.137 e. The number of aromatic nitrogens is 2. The Balaban J connectivity index is 1.11. The lowest BCUT2D eigenvalue weighted by Crippen LogP contribution is -2.31. The molecule has 0 atom stereocenters. The first kappa shape index (κ1) is 42.7. The normalized spacial score (nSPS) is 14.0. The Morgan fingerprint density at radius 2 is 1.06 bits per heavy atom. The summed E-state index contributed by atoms with van der Waals surface area (Å²) in [6.45, 7) is 26.2. The van der Waals surface area contributed by atoms with Crippen molar-refractivity contribution in [2.45, 2.75) is 87.0 Å². The van der Waals surface area contributed by atoms with E-state index in [1.807, 2.05) is 6.20 Å². The molecular formula is C59H62N4O. The van der Waals surface area contributed by atoms with Crippen LogP contribution in [-0.4, -0.2) is 16.2 Å². The molecule has 3 heterocycles. The minimum Gasteiger partial charge on any atom is -0.457 e. The van der Waals surface area contributed by atoms with Crippen molar-refractivity contribution in [1.29, 1.82) is 0 Å². The predicted octanol–water partition coefficient (Wildman–Crippen LogP) is 15.8. The van der Waals surface area contributed by atoms with E-state index < -0.39 is 0 Å². The second-order valence-electron chi connectivity index (χ2n) is 21.1. The molecule has 8 aromatic rings. The molecule has 0 radical (unpaired) electrons. The van der Waals surface area contributed by atoms with Crippen molar-refractivity contribution in [3.05, 3.63) is 192 Å². The van der Waals surface area contributed by atoms with Crippen molar-refractivity contribution in [2.24, 2.45) is 10.8 Å². The summed E-state index contributed by atoms with van der Waals surface area (Å²) in [7, 11) is 0. The number of hydrogen-bond donors (Lipinski definition) is 0. The topological polar surface area (TPSA) is 33.5 Å². The number of anilines is 2. The Kier molecular flexibility index (Phi) is 10.6. The third-order valence-corrected chi connectivity index (χ3v) is 12.9. The van der Waals surface area contributed by atoms with Crippen LogP contribution < -0.4 is 14.5 Å². The number of pyridine rings is 1. The van der Waals surface area contributed by atoms with Gasteiger partial charge in [0.1, 0.15) is 17.3 Å². The van der Waals surface area contributed by atoms with Crippen LogP contribution >= 0.6 is 0 Å². The van der Waals surface area contributed by atoms with Gasteiger partial charge in [0.2, 0.25) is 0 Å². The van der Waals surface area contributed by atoms with E-state index in [1.54, 1.807) is 0 Å². The van der Waals surface area contributed by atoms with Gasteiger partial charge in [-0.2, -0.15) is 0 Å². The van der Waals surface area contributed by atoms with Crippen LogP contribution in [0.2, 0.25) is 0 Å². The number of ether oxygens (including phenoxy) is 1. The van der Waals surface area contributed by atoms with E-state index in [4.69, 9.17) is 9.72 Å².